The molecule has 6 nitrogen and oxygen atoms in total. The first kappa shape index (κ1) is 26.7. The molecule has 0 radical (unpaired) electrons. The molecule has 7 rings (SSSR count). The van der Waals surface area contributed by atoms with Crippen molar-refractivity contribution in [1.82, 2.24) is 10.2 Å². The van der Waals surface area contributed by atoms with Crippen LogP contribution >= 0.6 is 0 Å². The Morgan fingerprint density at radius 1 is 0.775 bits per heavy atom. The molecule has 4 saturated carbocycles. The number of nitrogens with zero attached hydrogens (tertiary/aromatic N) is 1. The molecule has 9 heteroatoms. The lowest BCUT2D eigenvalue weighted by atomic mass is 9.53. The van der Waals surface area contributed by atoms with Crippen LogP contribution in [-0.4, -0.2) is 24.9 Å². The monoisotopic (exact) mass is 566 g/mol. The summed E-state index contributed by atoms with van der Waals surface area (Å²) in [5.74, 6) is 1.30. The SMILES string of the molecule is O=C(NC12CC3CC(CC(C3)C1)C2)N(Cc1ccc(F)cc1)Cc1ccc(OS(=O)(=O)c2ccc(F)cc2)cc1. The van der Waals surface area contributed by atoms with E-state index in [2.05, 4.69) is 5.32 Å². The number of carbonyl (C=O) groups excluding carboxylic acids is 1. The highest BCUT2D eigenvalue weighted by atomic mass is 32.2. The number of rotatable bonds is 8. The molecule has 1 N–H and O–H groups in total. The summed E-state index contributed by atoms with van der Waals surface area (Å²) in [5, 5.41) is 3.42. The van der Waals surface area contributed by atoms with Gasteiger partial charge in [-0.1, -0.05) is 24.3 Å². The quantitative estimate of drug-likeness (QED) is 0.320. The summed E-state index contributed by atoms with van der Waals surface area (Å²) in [7, 11) is -4.12. The van der Waals surface area contributed by atoms with E-state index in [1.165, 1.54) is 43.5 Å². The zero-order valence-electron chi connectivity index (χ0n) is 22.1. The Morgan fingerprint density at radius 3 is 1.73 bits per heavy atom. The second kappa shape index (κ2) is 10.5. The van der Waals surface area contributed by atoms with E-state index in [1.54, 1.807) is 29.2 Å². The highest BCUT2D eigenvalue weighted by Crippen LogP contribution is 2.55. The van der Waals surface area contributed by atoms with Crippen LogP contribution in [0.5, 0.6) is 5.75 Å². The molecule has 0 saturated heterocycles. The largest absolute Gasteiger partial charge is 0.379 e. The number of nitrogens with one attached hydrogen (secondary N) is 1. The maximum atomic E-state index is 13.7. The summed E-state index contributed by atoms with van der Waals surface area (Å²) in [4.78, 5) is 15.3. The molecule has 4 fully saturated rings. The molecule has 0 aromatic heterocycles. The molecule has 210 valence electrons. The van der Waals surface area contributed by atoms with Gasteiger partial charge in [0.15, 0.2) is 0 Å². The molecule has 0 atom stereocenters. The van der Waals surface area contributed by atoms with Crippen molar-refractivity contribution in [1.29, 1.82) is 0 Å². The van der Waals surface area contributed by atoms with E-state index < -0.39 is 15.9 Å². The Labute approximate surface area is 233 Å². The summed E-state index contributed by atoms with van der Waals surface area (Å²) in [6.45, 7) is 0.580. The van der Waals surface area contributed by atoms with Gasteiger partial charge in [-0.3, -0.25) is 0 Å². The summed E-state index contributed by atoms with van der Waals surface area (Å²) >= 11 is 0. The maximum absolute atomic E-state index is 13.7. The molecule has 4 aliphatic carbocycles. The molecule has 3 aromatic rings. The lowest BCUT2D eigenvalue weighted by Crippen LogP contribution is -2.61. The predicted octanol–water partition coefficient (Wildman–Crippen LogP) is 6.41. The summed E-state index contributed by atoms with van der Waals surface area (Å²) in [6, 6.07) is 16.9. The first-order valence-electron chi connectivity index (χ1n) is 13.8. The Bertz CT molecular complexity index is 1440. The van der Waals surface area contributed by atoms with Gasteiger partial charge >= 0.3 is 16.1 Å². The molecule has 40 heavy (non-hydrogen) atoms. The van der Waals surface area contributed by atoms with Crippen LogP contribution in [-0.2, 0) is 23.2 Å². The predicted molar refractivity (Wildman–Crippen MR) is 146 cm³/mol. The topological polar surface area (TPSA) is 75.7 Å². The minimum absolute atomic E-state index is 0.108. The molecule has 3 aromatic carbocycles. The second-order valence-electron chi connectivity index (χ2n) is 11.7. The third kappa shape index (κ3) is 5.84. The number of hydrogen-bond donors (Lipinski definition) is 1. The fraction of sp³-hybridized carbons (Fsp3) is 0.387. The molecule has 0 heterocycles. The number of urea groups is 1. The fourth-order valence-corrected chi connectivity index (χ4v) is 8.16. The van der Waals surface area contributed by atoms with Crippen molar-refractivity contribution >= 4 is 16.1 Å². The van der Waals surface area contributed by atoms with E-state index in [9.17, 15) is 22.0 Å². The van der Waals surface area contributed by atoms with E-state index >= 15 is 0 Å². The Morgan fingerprint density at radius 2 is 1.23 bits per heavy atom. The molecular weight excluding hydrogens is 534 g/mol. The normalized spacial score (nSPS) is 25.0. The first-order valence-corrected chi connectivity index (χ1v) is 15.2. The van der Waals surface area contributed by atoms with Crippen LogP contribution in [0.3, 0.4) is 0 Å². The number of hydrogen-bond acceptors (Lipinski definition) is 4. The van der Waals surface area contributed by atoms with Crippen LogP contribution in [0.25, 0.3) is 0 Å². The molecule has 4 aliphatic rings. The van der Waals surface area contributed by atoms with E-state index in [0.29, 0.717) is 24.3 Å². The third-order valence-electron chi connectivity index (χ3n) is 8.59. The van der Waals surface area contributed by atoms with Crippen molar-refractivity contribution in [2.45, 2.75) is 62.0 Å². The van der Waals surface area contributed by atoms with Crippen molar-refractivity contribution in [2.75, 3.05) is 0 Å². The van der Waals surface area contributed by atoms with Gasteiger partial charge in [0.2, 0.25) is 0 Å². The zero-order valence-corrected chi connectivity index (χ0v) is 22.9. The van der Waals surface area contributed by atoms with E-state index in [-0.39, 0.29) is 34.6 Å². The maximum Gasteiger partial charge on any atom is 0.339 e. The van der Waals surface area contributed by atoms with Crippen molar-refractivity contribution in [3.8, 4) is 5.75 Å². The zero-order chi connectivity index (χ0) is 27.9. The first-order chi connectivity index (χ1) is 19.1. The van der Waals surface area contributed by atoms with Gasteiger partial charge in [-0.2, -0.15) is 8.42 Å². The van der Waals surface area contributed by atoms with Crippen LogP contribution in [0.1, 0.15) is 49.7 Å². The minimum atomic E-state index is -4.12. The minimum Gasteiger partial charge on any atom is -0.379 e. The summed E-state index contributed by atoms with van der Waals surface area (Å²) in [6.07, 6.45) is 6.93. The number of amides is 2. The number of halogens is 2. The highest BCUT2D eigenvalue weighted by molar-refractivity contribution is 7.87. The standard InChI is InChI=1S/C31H32F2N2O4S/c32-26-5-1-21(2-6-26)19-35(30(36)34-31-16-23-13-24(17-31)15-25(14-23)18-31)20-22-3-9-28(10-4-22)39-40(37,38)29-11-7-27(33)8-12-29/h1-12,23-25H,13-20H2,(H,34,36). The van der Waals surface area contributed by atoms with E-state index in [0.717, 1.165) is 54.7 Å². The van der Waals surface area contributed by atoms with Crippen molar-refractivity contribution in [3.05, 3.63) is 95.6 Å². The van der Waals surface area contributed by atoms with Crippen molar-refractivity contribution in [2.24, 2.45) is 17.8 Å². The van der Waals surface area contributed by atoms with Gasteiger partial charge in [0, 0.05) is 18.6 Å². The van der Waals surface area contributed by atoms with Gasteiger partial charge in [0.25, 0.3) is 0 Å². The van der Waals surface area contributed by atoms with Crippen molar-refractivity contribution in [3.63, 3.8) is 0 Å². The summed E-state index contributed by atoms with van der Waals surface area (Å²) in [5.41, 5.74) is 1.45. The second-order valence-corrected chi connectivity index (χ2v) is 13.3. The molecule has 0 aliphatic heterocycles. The molecular formula is C31H32F2N2O4S. The van der Waals surface area contributed by atoms with E-state index in [4.69, 9.17) is 4.18 Å². The van der Waals surface area contributed by atoms with Gasteiger partial charge in [-0.15, -0.1) is 0 Å². The van der Waals surface area contributed by atoms with Crippen LogP contribution in [0, 0.1) is 29.4 Å². The van der Waals surface area contributed by atoms with Crippen LogP contribution in [0.15, 0.2) is 77.7 Å². The average Bonchev–Trinajstić information content (AvgIpc) is 2.89. The van der Waals surface area contributed by atoms with Gasteiger partial charge < -0.3 is 14.4 Å². The molecule has 0 spiro atoms. The lowest BCUT2D eigenvalue weighted by molar-refractivity contribution is -0.0159. The van der Waals surface area contributed by atoms with E-state index in [1.807, 2.05) is 0 Å². The number of benzene rings is 3. The molecule has 0 unspecified atom stereocenters. The highest BCUT2D eigenvalue weighted by Gasteiger charge is 2.51. The van der Waals surface area contributed by atoms with Crippen LogP contribution in [0.4, 0.5) is 13.6 Å². The Kier molecular flexibility index (Phi) is 7.02. The fourth-order valence-electron chi connectivity index (χ4n) is 7.23. The smallest absolute Gasteiger partial charge is 0.339 e. The summed E-state index contributed by atoms with van der Waals surface area (Å²) < 4.78 is 57.1. The van der Waals surface area contributed by atoms with Crippen LogP contribution in [0.2, 0.25) is 0 Å². The van der Waals surface area contributed by atoms with Gasteiger partial charge in [0.05, 0.1) is 0 Å². The van der Waals surface area contributed by atoms with Crippen LogP contribution < -0.4 is 9.50 Å². The average molecular weight is 567 g/mol. The van der Waals surface area contributed by atoms with Crippen molar-refractivity contribution < 1.29 is 26.2 Å². The van der Waals surface area contributed by atoms with Gasteiger partial charge in [-0.05, 0) is 116 Å². The Balaban J connectivity index is 1.18. The molecule has 4 bridgehead atoms. The Hall–Kier alpha value is -3.46. The van der Waals surface area contributed by atoms with Gasteiger partial charge in [0.1, 0.15) is 22.3 Å². The number of carbonyl (C=O) groups is 1. The lowest BCUT2D eigenvalue weighted by Gasteiger charge is -2.57. The molecule has 2 amide bonds. The third-order valence-corrected chi connectivity index (χ3v) is 9.85. The van der Waals surface area contributed by atoms with Gasteiger partial charge in [-0.25, -0.2) is 13.6 Å².